The van der Waals surface area contributed by atoms with E-state index < -0.39 is 0 Å². The number of rotatable bonds is 8. The van der Waals surface area contributed by atoms with Crippen LogP contribution in [0, 0.1) is 0 Å². The van der Waals surface area contributed by atoms with Gasteiger partial charge in [0.15, 0.2) is 5.96 Å². The van der Waals surface area contributed by atoms with Crippen molar-refractivity contribution in [2.24, 2.45) is 4.99 Å². The second-order valence-electron chi connectivity index (χ2n) is 8.19. The Kier molecular flexibility index (Phi) is 7.65. The number of hydrogen-bond acceptors (Lipinski definition) is 5. The van der Waals surface area contributed by atoms with E-state index in [1.807, 2.05) is 49.4 Å². The molecule has 0 bridgehead atoms. The summed E-state index contributed by atoms with van der Waals surface area (Å²) < 4.78 is 11.6. The molecule has 0 saturated heterocycles. The Labute approximate surface area is 184 Å². The molecule has 2 aromatic heterocycles. The zero-order valence-corrected chi connectivity index (χ0v) is 18.7. The Hall–Kier alpha value is -3.35. The number of ether oxygens (including phenoxy) is 1. The van der Waals surface area contributed by atoms with Gasteiger partial charge in [0.05, 0.1) is 19.3 Å². The van der Waals surface area contributed by atoms with Crippen molar-refractivity contribution in [1.29, 1.82) is 0 Å². The van der Waals surface area contributed by atoms with Gasteiger partial charge in [0, 0.05) is 24.2 Å². The first kappa shape index (κ1) is 22.3. The summed E-state index contributed by atoms with van der Waals surface area (Å²) in [5.74, 6) is 2.78. The van der Waals surface area contributed by atoms with Crippen molar-refractivity contribution in [3.05, 3.63) is 77.6 Å². The number of nitrogens with zero attached hydrogens (tertiary/aromatic N) is 3. The summed E-state index contributed by atoms with van der Waals surface area (Å²) in [6.07, 6.45) is 3.53. The highest BCUT2D eigenvalue weighted by Crippen LogP contribution is 2.22. The van der Waals surface area contributed by atoms with E-state index in [0.717, 1.165) is 23.4 Å². The topological polar surface area (TPSA) is 84.6 Å². The molecule has 0 aliphatic carbocycles. The predicted molar refractivity (Wildman–Crippen MR) is 122 cm³/mol. The van der Waals surface area contributed by atoms with Gasteiger partial charge in [0.25, 0.3) is 0 Å². The van der Waals surface area contributed by atoms with Crippen molar-refractivity contribution >= 4 is 5.96 Å². The molecule has 2 heterocycles. The number of nitrogens with one attached hydrogen (secondary N) is 2. The van der Waals surface area contributed by atoms with E-state index in [9.17, 15) is 0 Å². The largest absolute Gasteiger partial charge is 0.473 e. The van der Waals surface area contributed by atoms with Gasteiger partial charge in [0.1, 0.15) is 12.4 Å². The molecule has 3 rings (SSSR count). The summed E-state index contributed by atoms with van der Waals surface area (Å²) in [6.45, 7) is 10.5. The van der Waals surface area contributed by atoms with Crippen LogP contribution < -0.4 is 15.4 Å². The molecular formula is C24H31N5O2. The Morgan fingerprint density at radius 2 is 1.87 bits per heavy atom. The molecule has 1 aromatic carbocycles. The van der Waals surface area contributed by atoms with Gasteiger partial charge in [0.2, 0.25) is 11.8 Å². The maximum atomic E-state index is 5.84. The quantitative estimate of drug-likeness (QED) is 0.419. The molecule has 31 heavy (non-hydrogen) atoms. The van der Waals surface area contributed by atoms with E-state index in [1.54, 1.807) is 12.4 Å². The molecule has 7 heteroatoms. The normalized spacial score (nSPS) is 11.9. The van der Waals surface area contributed by atoms with Gasteiger partial charge < -0.3 is 19.8 Å². The van der Waals surface area contributed by atoms with Crippen LogP contribution in [0.5, 0.6) is 5.88 Å². The minimum absolute atomic E-state index is 0.0640. The molecule has 7 nitrogen and oxygen atoms in total. The van der Waals surface area contributed by atoms with Crippen molar-refractivity contribution < 1.29 is 9.15 Å². The average molecular weight is 422 g/mol. The van der Waals surface area contributed by atoms with Gasteiger partial charge in [-0.05, 0) is 24.1 Å². The SMILES string of the molecule is CCNC(=NCc1ccnc(OCc2ccccc2)c1)NCc1ncc(C(C)(C)C)o1. The first-order chi connectivity index (χ1) is 14.9. The van der Waals surface area contributed by atoms with Crippen LogP contribution in [0.1, 0.15) is 50.5 Å². The molecule has 0 aliphatic rings. The van der Waals surface area contributed by atoms with Crippen molar-refractivity contribution in [2.75, 3.05) is 6.54 Å². The number of aliphatic imine (C=N–C) groups is 1. The van der Waals surface area contributed by atoms with E-state index >= 15 is 0 Å². The first-order valence-electron chi connectivity index (χ1n) is 10.5. The van der Waals surface area contributed by atoms with Crippen molar-refractivity contribution in [3.8, 4) is 5.88 Å². The molecule has 0 unspecified atom stereocenters. The minimum Gasteiger partial charge on any atom is -0.473 e. The number of pyridine rings is 1. The third-order valence-corrected chi connectivity index (χ3v) is 4.49. The summed E-state index contributed by atoms with van der Waals surface area (Å²) in [7, 11) is 0. The van der Waals surface area contributed by atoms with Crippen molar-refractivity contribution in [2.45, 2.75) is 52.8 Å². The summed E-state index contributed by atoms with van der Waals surface area (Å²) in [6, 6.07) is 13.9. The van der Waals surface area contributed by atoms with Crippen LogP contribution in [-0.2, 0) is 25.1 Å². The molecule has 0 aliphatic heterocycles. The number of guanidine groups is 1. The molecule has 2 N–H and O–H groups in total. The lowest BCUT2D eigenvalue weighted by atomic mass is 9.94. The molecule has 0 amide bonds. The standard InChI is InChI=1S/C24H31N5O2/c1-5-25-23(29-16-22-27-15-20(31-22)24(2,3)4)28-14-19-11-12-26-21(13-19)30-17-18-9-7-6-8-10-18/h6-13,15H,5,14,16-17H2,1-4H3,(H2,25,28,29). The van der Waals surface area contributed by atoms with Crippen LogP contribution >= 0.6 is 0 Å². The summed E-state index contributed by atoms with van der Waals surface area (Å²) in [5.41, 5.74) is 2.06. The maximum absolute atomic E-state index is 5.84. The highest BCUT2D eigenvalue weighted by molar-refractivity contribution is 5.79. The predicted octanol–water partition coefficient (Wildman–Crippen LogP) is 4.20. The number of aromatic nitrogens is 2. The molecule has 0 saturated carbocycles. The fourth-order valence-electron chi connectivity index (χ4n) is 2.77. The Morgan fingerprint density at radius 1 is 1.06 bits per heavy atom. The summed E-state index contributed by atoms with van der Waals surface area (Å²) in [5, 5.41) is 6.51. The Morgan fingerprint density at radius 3 is 2.58 bits per heavy atom. The number of benzene rings is 1. The smallest absolute Gasteiger partial charge is 0.213 e. The molecule has 0 fully saturated rings. The fraction of sp³-hybridized carbons (Fsp3) is 0.375. The van der Waals surface area contributed by atoms with Gasteiger partial charge in [-0.15, -0.1) is 0 Å². The monoisotopic (exact) mass is 421 g/mol. The highest BCUT2D eigenvalue weighted by atomic mass is 16.5. The van der Waals surface area contributed by atoms with Crippen molar-refractivity contribution in [3.63, 3.8) is 0 Å². The number of hydrogen-bond donors (Lipinski definition) is 2. The molecule has 164 valence electrons. The minimum atomic E-state index is -0.0640. The fourth-order valence-corrected chi connectivity index (χ4v) is 2.77. The van der Waals surface area contributed by atoms with Crippen LogP contribution in [0.2, 0.25) is 0 Å². The maximum Gasteiger partial charge on any atom is 0.213 e. The summed E-state index contributed by atoms with van der Waals surface area (Å²) >= 11 is 0. The van der Waals surface area contributed by atoms with Crippen LogP contribution in [-0.4, -0.2) is 22.5 Å². The zero-order valence-electron chi connectivity index (χ0n) is 18.7. The molecule has 0 radical (unpaired) electrons. The van der Waals surface area contributed by atoms with Gasteiger partial charge >= 0.3 is 0 Å². The zero-order chi connectivity index (χ0) is 22.1. The lowest BCUT2D eigenvalue weighted by Crippen LogP contribution is -2.36. The van der Waals surface area contributed by atoms with Crippen LogP contribution in [0.3, 0.4) is 0 Å². The molecule has 0 atom stereocenters. The summed E-state index contributed by atoms with van der Waals surface area (Å²) in [4.78, 5) is 13.3. The van der Waals surface area contributed by atoms with E-state index in [0.29, 0.717) is 37.4 Å². The Balaban J connectivity index is 1.57. The average Bonchev–Trinajstić information content (AvgIpc) is 3.25. The third-order valence-electron chi connectivity index (χ3n) is 4.49. The lowest BCUT2D eigenvalue weighted by Gasteiger charge is -2.13. The van der Waals surface area contributed by atoms with Crippen molar-refractivity contribution in [1.82, 2.24) is 20.6 Å². The van der Waals surface area contributed by atoms with E-state index in [-0.39, 0.29) is 5.41 Å². The molecule has 3 aromatic rings. The highest BCUT2D eigenvalue weighted by Gasteiger charge is 2.19. The number of oxazole rings is 1. The van der Waals surface area contributed by atoms with Crippen LogP contribution in [0.25, 0.3) is 0 Å². The third kappa shape index (κ3) is 7.13. The van der Waals surface area contributed by atoms with Crippen LogP contribution in [0.15, 0.2) is 64.3 Å². The Bertz CT molecular complexity index is 977. The second kappa shape index (κ2) is 10.6. The van der Waals surface area contributed by atoms with Crippen LogP contribution in [0.4, 0.5) is 0 Å². The van der Waals surface area contributed by atoms with Gasteiger partial charge in [-0.3, -0.25) is 0 Å². The van der Waals surface area contributed by atoms with Gasteiger partial charge in [-0.1, -0.05) is 51.1 Å². The lowest BCUT2D eigenvalue weighted by molar-refractivity contribution is 0.293. The molecule has 0 spiro atoms. The molecular weight excluding hydrogens is 390 g/mol. The van der Waals surface area contributed by atoms with Gasteiger partial charge in [-0.2, -0.15) is 0 Å². The van der Waals surface area contributed by atoms with Gasteiger partial charge in [-0.25, -0.2) is 15.0 Å². The van der Waals surface area contributed by atoms with E-state index in [4.69, 9.17) is 9.15 Å². The first-order valence-corrected chi connectivity index (χ1v) is 10.5. The van der Waals surface area contributed by atoms with E-state index in [1.165, 1.54) is 0 Å². The van der Waals surface area contributed by atoms with E-state index in [2.05, 4.69) is 46.4 Å². The second-order valence-corrected chi connectivity index (χ2v) is 8.19.